The number of amidine groups is 1. The van der Waals surface area contributed by atoms with Crippen LogP contribution in [0.5, 0.6) is 0 Å². The van der Waals surface area contributed by atoms with Crippen LogP contribution in [0.3, 0.4) is 0 Å². The van der Waals surface area contributed by atoms with Gasteiger partial charge in [0.1, 0.15) is 0 Å². The lowest BCUT2D eigenvalue weighted by Gasteiger charge is -2.13. The molecule has 1 aromatic rings. The fourth-order valence-electron chi connectivity index (χ4n) is 1.86. The molecule has 0 bridgehead atoms. The summed E-state index contributed by atoms with van der Waals surface area (Å²) >= 11 is 1.55. The van der Waals surface area contributed by atoms with Crippen LogP contribution in [0, 0.1) is 0 Å². The van der Waals surface area contributed by atoms with E-state index in [2.05, 4.69) is 29.4 Å². The molecule has 96 valence electrons. The van der Waals surface area contributed by atoms with Crippen LogP contribution in [0.15, 0.2) is 35.3 Å². The van der Waals surface area contributed by atoms with Gasteiger partial charge in [-0.05, 0) is 17.9 Å². The Bertz CT molecular complexity index is 444. The number of carbonyl (C=O) groups excluding carboxylic acids is 1. The second-order valence-electron chi connectivity index (χ2n) is 4.46. The van der Waals surface area contributed by atoms with Crippen LogP contribution in [0.4, 0.5) is 0 Å². The molecule has 2 rings (SSSR count). The number of carbonyl (C=O) groups is 1. The number of amides is 1. The van der Waals surface area contributed by atoms with E-state index in [0.29, 0.717) is 5.92 Å². The van der Waals surface area contributed by atoms with E-state index < -0.39 is 0 Å². The predicted molar refractivity (Wildman–Crippen MR) is 77.0 cm³/mol. The van der Waals surface area contributed by atoms with E-state index in [9.17, 15) is 4.79 Å². The topological polar surface area (TPSA) is 41.5 Å². The molecular weight excluding hydrogens is 244 g/mol. The van der Waals surface area contributed by atoms with Gasteiger partial charge in [-0.3, -0.25) is 4.79 Å². The van der Waals surface area contributed by atoms with E-state index in [1.54, 1.807) is 11.8 Å². The van der Waals surface area contributed by atoms with Gasteiger partial charge in [0.2, 0.25) is 0 Å². The third-order valence-electron chi connectivity index (χ3n) is 3.04. The predicted octanol–water partition coefficient (Wildman–Crippen LogP) is 2.79. The Morgan fingerprint density at radius 2 is 2.11 bits per heavy atom. The number of hydrogen-bond acceptors (Lipinski definition) is 3. The summed E-state index contributed by atoms with van der Waals surface area (Å²) in [4.78, 5) is 15.5. The first-order valence-electron chi connectivity index (χ1n) is 6.28. The second-order valence-corrected chi connectivity index (χ2v) is 5.65. The van der Waals surface area contributed by atoms with Crippen LogP contribution in [0.1, 0.15) is 31.7 Å². The van der Waals surface area contributed by atoms with Gasteiger partial charge in [-0.15, -0.1) is 0 Å². The van der Waals surface area contributed by atoms with E-state index in [1.807, 2.05) is 25.1 Å². The highest BCUT2D eigenvalue weighted by molar-refractivity contribution is 8.15. The van der Waals surface area contributed by atoms with Gasteiger partial charge >= 0.3 is 0 Å². The van der Waals surface area contributed by atoms with E-state index >= 15 is 0 Å². The van der Waals surface area contributed by atoms with Crippen molar-refractivity contribution in [3.05, 3.63) is 35.9 Å². The van der Waals surface area contributed by atoms with Crippen molar-refractivity contribution >= 4 is 22.8 Å². The highest BCUT2D eigenvalue weighted by atomic mass is 32.2. The zero-order valence-corrected chi connectivity index (χ0v) is 11.5. The number of nitrogens with one attached hydrogen (secondary N) is 1. The van der Waals surface area contributed by atoms with Crippen LogP contribution in [0.2, 0.25) is 0 Å². The molecule has 1 aliphatic heterocycles. The van der Waals surface area contributed by atoms with E-state index in [0.717, 1.165) is 18.1 Å². The molecule has 18 heavy (non-hydrogen) atoms. The fraction of sp³-hybridized carbons (Fsp3) is 0.429. The number of benzene rings is 1. The molecule has 0 saturated carbocycles. The average Bonchev–Trinajstić information content (AvgIpc) is 2.77. The Labute approximate surface area is 112 Å². The Morgan fingerprint density at radius 3 is 2.72 bits per heavy atom. The van der Waals surface area contributed by atoms with Crippen molar-refractivity contribution < 1.29 is 4.79 Å². The summed E-state index contributed by atoms with van der Waals surface area (Å²) in [7, 11) is 0. The van der Waals surface area contributed by atoms with Crippen molar-refractivity contribution in [1.29, 1.82) is 0 Å². The maximum absolute atomic E-state index is 11.5. The Morgan fingerprint density at radius 1 is 1.39 bits per heavy atom. The summed E-state index contributed by atoms with van der Waals surface area (Å²) in [5.74, 6) is 0.405. The normalized spacial score (nSPS) is 20.7. The maximum Gasteiger partial charge on any atom is 0.261 e. The van der Waals surface area contributed by atoms with Gasteiger partial charge in [-0.1, -0.05) is 55.9 Å². The standard InChI is InChI=1S/C14H18N2OS/c1-3-12-13(17)16-14(18-12)15-9-10(2)11-7-5-4-6-8-11/h4-8,10,12H,3,9H2,1-2H3,(H,15,16,17)/t10?,12-/m0/s1. The van der Waals surface area contributed by atoms with Crippen LogP contribution in [-0.4, -0.2) is 22.9 Å². The van der Waals surface area contributed by atoms with Crippen molar-refractivity contribution in [3.8, 4) is 0 Å². The molecule has 2 atom stereocenters. The zero-order valence-electron chi connectivity index (χ0n) is 10.7. The van der Waals surface area contributed by atoms with E-state index in [1.165, 1.54) is 5.56 Å². The molecule has 1 amide bonds. The van der Waals surface area contributed by atoms with Crippen molar-refractivity contribution in [2.75, 3.05) is 6.54 Å². The minimum absolute atomic E-state index is 0.00244. The highest BCUT2D eigenvalue weighted by Gasteiger charge is 2.26. The minimum Gasteiger partial charge on any atom is -0.364 e. The molecular formula is C14H18N2OS. The van der Waals surface area contributed by atoms with Gasteiger partial charge in [0.15, 0.2) is 5.17 Å². The molecule has 1 aromatic carbocycles. The van der Waals surface area contributed by atoms with Crippen molar-refractivity contribution in [3.63, 3.8) is 0 Å². The van der Waals surface area contributed by atoms with Crippen molar-refractivity contribution in [1.82, 2.24) is 5.32 Å². The summed E-state index contributed by atoms with van der Waals surface area (Å²) in [6, 6.07) is 10.4. The lowest BCUT2D eigenvalue weighted by molar-refractivity contribution is -0.117. The molecule has 1 N–H and O–H groups in total. The number of thioether (sulfide) groups is 1. The first kappa shape index (κ1) is 13.1. The third-order valence-corrected chi connectivity index (χ3v) is 4.32. The molecule has 0 fully saturated rings. The molecule has 0 saturated heterocycles. The summed E-state index contributed by atoms with van der Waals surface area (Å²) in [6.45, 7) is 4.99. The molecule has 0 spiro atoms. The molecule has 1 aliphatic rings. The highest BCUT2D eigenvalue weighted by Crippen LogP contribution is 2.24. The molecule has 0 aromatic heterocycles. The van der Waals surface area contributed by atoms with Crippen LogP contribution >= 0.6 is 11.8 Å². The number of aliphatic imine (C=N–C) groups is 1. The first-order valence-corrected chi connectivity index (χ1v) is 7.16. The Balaban J connectivity index is 1.86. The number of hydrogen-bond donors (Lipinski definition) is 1. The van der Waals surface area contributed by atoms with E-state index in [-0.39, 0.29) is 11.2 Å². The van der Waals surface area contributed by atoms with Crippen LogP contribution in [0.25, 0.3) is 0 Å². The first-order chi connectivity index (χ1) is 8.70. The summed E-state index contributed by atoms with van der Waals surface area (Å²) in [5, 5.41) is 4.05. The van der Waals surface area contributed by atoms with Gasteiger partial charge in [0, 0.05) is 6.54 Å². The monoisotopic (exact) mass is 262 g/mol. The summed E-state index contributed by atoms with van der Waals surface area (Å²) in [5.41, 5.74) is 1.30. The SMILES string of the molecule is CC[C@@H]1SC(NCC(C)c2ccccc2)=NC1=O. The van der Waals surface area contributed by atoms with Gasteiger partial charge < -0.3 is 5.32 Å². The largest absolute Gasteiger partial charge is 0.364 e. The summed E-state index contributed by atoms with van der Waals surface area (Å²) in [6.07, 6.45) is 0.840. The number of rotatable bonds is 4. The van der Waals surface area contributed by atoms with Crippen molar-refractivity contribution in [2.24, 2.45) is 4.99 Å². The molecule has 4 heteroatoms. The quantitative estimate of drug-likeness (QED) is 0.907. The molecule has 1 unspecified atom stereocenters. The second kappa shape index (κ2) is 6.05. The number of nitrogens with zero attached hydrogens (tertiary/aromatic N) is 1. The lowest BCUT2D eigenvalue weighted by Crippen LogP contribution is -2.24. The van der Waals surface area contributed by atoms with Crippen LogP contribution < -0.4 is 5.32 Å². The molecule has 0 radical (unpaired) electrons. The molecule has 0 aliphatic carbocycles. The molecule has 3 nitrogen and oxygen atoms in total. The Hall–Kier alpha value is -1.29. The third kappa shape index (κ3) is 3.13. The van der Waals surface area contributed by atoms with Crippen molar-refractivity contribution in [2.45, 2.75) is 31.4 Å². The smallest absolute Gasteiger partial charge is 0.261 e. The van der Waals surface area contributed by atoms with Gasteiger partial charge in [0.05, 0.1) is 5.25 Å². The van der Waals surface area contributed by atoms with Gasteiger partial charge in [-0.2, -0.15) is 4.99 Å². The van der Waals surface area contributed by atoms with Gasteiger partial charge in [0.25, 0.3) is 5.91 Å². The zero-order chi connectivity index (χ0) is 13.0. The lowest BCUT2D eigenvalue weighted by atomic mass is 10.0. The fourth-order valence-corrected chi connectivity index (χ4v) is 2.76. The summed E-state index contributed by atoms with van der Waals surface area (Å²) < 4.78 is 0. The molecule has 1 heterocycles. The van der Waals surface area contributed by atoms with Crippen LogP contribution in [-0.2, 0) is 4.79 Å². The van der Waals surface area contributed by atoms with E-state index in [4.69, 9.17) is 0 Å². The minimum atomic E-state index is -0.00244. The maximum atomic E-state index is 11.5. The average molecular weight is 262 g/mol. The Kier molecular flexibility index (Phi) is 4.42. The van der Waals surface area contributed by atoms with Gasteiger partial charge in [-0.25, -0.2) is 0 Å².